The molecule has 1 fully saturated rings. The van der Waals surface area contributed by atoms with Crippen molar-refractivity contribution in [1.82, 2.24) is 0 Å². The van der Waals surface area contributed by atoms with Crippen molar-refractivity contribution in [3.8, 4) is 5.75 Å². The number of unbranched alkanes of at least 4 members (excludes halogenated alkanes) is 2. The van der Waals surface area contributed by atoms with Gasteiger partial charge in [-0.25, -0.2) is 0 Å². The van der Waals surface area contributed by atoms with Crippen LogP contribution in [0.2, 0.25) is 0 Å². The smallest absolute Gasteiger partial charge is 0.119 e. The highest BCUT2D eigenvalue weighted by molar-refractivity contribution is 5.39. The van der Waals surface area contributed by atoms with Crippen molar-refractivity contribution < 1.29 is 5.11 Å². The lowest BCUT2D eigenvalue weighted by Crippen LogP contribution is -2.04. The van der Waals surface area contributed by atoms with Gasteiger partial charge in [-0.2, -0.15) is 0 Å². The summed E-state index contributed by atoms with van der Waals surface area (Å²) in [4.78, 5) is 0. The summed E-state index contributed by atoms with van der Waals surface area (Å²) < 4.78 is 0. The van der Waals surface area contributed by atoms with Gasteiger partial charge in [0.25, 0.3) is 0 Å². The summed E-state index contributed by atoms with van der Waals surface area (Å²) in [5.74, 6) is 0.510. The number of phenols is 1. The molecule has 0 unspecified atom stereocenters. The van der Waals surface area contributed by atoms with Crippen LogP contribution in [0.5, 0.6) is 5.75 Å². The maximum Gasteiger partial charge on any atom is 0.119 e. The van der Waals surface area contributed by atoms with Crippen LogP contribution in [-0.4, -0.2) is 5.11 Å². The van der Waals surface area contributed by atoms with Crippen molar-refractivity contribution in [2.45, 2.75) is 91.9 Å². The Balaban J connectivity index is 1.80. The molecule has 0 spiro atoms. The largest absolute Gasteiger partial charge is 0.508 e. The number of aromatic hydroxyl groups is 1. The summed E-state index contributed by atoms with van der Waals surface area (Å²) in [5.41, 5.74) is 3.68. The molecule has 1 aromatic carbocycles. The first-order chi connectivity index (χ1) is 10.8. The van der Waals surface area contributed by atoms with Crippen molar-refractivity contribution >= 4 is 0 Å². The molecule has 1 aliphatic carbocycles. The van der Waals surface area contributed by atoms with Gasteiger partial charge in [0.05, 0.1) is 0 Å². The third-order valence-electron chi connectivity index (χ3n) is 5.43. The molecule has 23 heavy (non-hydrogen) atoms. The zero-order valence-corrected chi connectivity index (χ0v) is 15.8. The highest BCUT2D eigenvalue weighted by Crippen LogP contribution is 2.49. The third-order valence-corrected chi connectivity index (χ3v) is 5.43. The highest BCUT2D eigenvalue weighted by Gasteiger charge is 2.35. The monoisotopic (exact) mass is 316 g/mol. The zero-order valence-electron chi connectivity index (χ0n) is 15.8. The number of rotatable bonds is 9. The van der Waals surface area contributed by atoms with Crippen molar-refractivity contribution in [1.29, 1.82) is 0 Å². The molecular formula is C22H36O. The fourth-order valence-electron chi connectivity index (χ4n) is 3.43. The molecule has 0 bridgehead atoms. The first-order valence-corrected chi connectivity index (χ1v) is 9.59. The van der Waals surface area contributed by atoms with Crippen LogP contribution in [0.1, 0.15) is 90.2 Å². The molecule has 1 aliphatic rings. The van der Waals surface area contributed by atoms with Crippen LogP contribution in [0.4, 0.5) is 0 Å². The van der Waals surface area contributed by atoms with E-state index in [2.05, 4.69) is 33.8 Å². The Labute approximate surface area is 143 Å². The lowest BCUT2D eigenvalue weighted by molar-refractivity contribution is 0.360. The molecular weight excluding hydrogens is 280 g/mol. The van der Waals surface area contributed by atoms with Crippen LogP contribution in [0.15, 0.2) is 18.2 Å². The van der Waals surface area contributed by atoms with Crippen LogP contribution in [0.25, 0.3) is 0 Å². The Morgan fingerprint density at radius 3 is 2.35 bits per heavy atom. The van der Waals surface area contributed by atoms with Gasteiger partial charge >= 0.3 is 0 Å². The number of aryl methyl sites for hydroxylation is 1. The fraction of sp³-hybridized carbons (Fsp3) is 0.727. The number of benzene rings is 1. The lowest BCUT2D eigenvalue weighted by Gasteiger charge is -2.18. The molecule has 1 N–H and O–H groups in total. The third kappa shape index (κ3) is 6.57. The van der Waals surface area contributed by atoms with Gasteiger partial charge in [0.1, 0.15) is 5.75 Å². The summed E-state index contributed by atoms with van der Waals surface area (Å²) in [6, 6.07) is 6.08. The van der Waals surface area contributed by atoms with E-state index in [0.717, 1.165) is 12.8 Å². The molecule has 1 heteroatoms. The van der Waals surface area contributed by atoms with Gasteiger partial charge in [-0.1, -0.05) is 52.7 Å². The molecule has 1 nitrogen and oxygen atoms in total. The molecule has 2 rings (SSSR count). The first-order valence-electron chi connectivity index (χ1n) is 9.59. The van der Waals surface area contributed by atoms with Crippen LogP contribution < -0.4 is 0 Å². The molecule has 0 saturated heterocycles. The van der Waals surface area contributed by atoms with E-state index in [1.807, 2.05) is 12.1 Å². The number of hydrogen-bond donors (Lipinski definition) is 1. The fourth-order valence-corrected chi connectivity index (χ4v) is 3.43. The van der Waals surface area contributed by atoms with Gasteiger partial charge in [-0.05, 0) is 79.4 Å². The summed E-state index contributed by atoms with van der Waals surface area (Å²) in [6.07, 6.45) is 12.6. The van der Waals surface area contributed by atoms with Crippen molar-refractivity contribution in [3.05, 3.63) is 29.3 Å². The normalized spacial score (nSPS) is 16.5. The van der Waals surface area contributed by atoms with Crippen LogP contribution >= 0.6 is 0 Å². The molecule has 0 amide bonds. The van der Waals surface area contributed by atoms with Crippen molar-refractivity contribution in [3.63, 3.8) is 0 Å². The van der Waals surface area contributed by atoms with Gasteiger partial charge in [0.15, 0.2) is 0 Å². The van der Waals surface area contributed by atoms with Crippen LogP contribution in [-0.2, 0) is 12.8 Å². The summed E-state index contributed by atoms with van der Waals surface area (Å²) in [5, 5.41) is 10.2. The van der Waals surface area contributed by atoms with Gasteiger partial charge in [-0.3, -0.25) is 0 Å². The van der Waals surface area contributed by atoms with Gasteiger partial charge in [0, 0.05) is 0 Å². The quantitative estimate of drug-likeness (QED) is 0.505. The Bertz CT molecular complexity index is 491. The lowest BCUT2D eigenvalue weighted by atomic mass is 9.88. The zero-order chi connectivity index (χ0) is 16.9. The first kappa shape index (κ1) is 18.4. The van der Waals surface area contributed by atoms with Crippen molar-refractivity contribution in [2.24, 2.45) is 10.8 Å². The van der Waals surface area contributed by atoms with E-state index in [1.54, 1.807) is 0 Å². The Kier molecular flexibility index (Phi) is 6.17. The average Bonchev–Trinajstić information content (AvgIpc) is 3.19. The molecule has 0 radical (unpaired) electrons. The maximum atomic E-state index is 10.2. The van der Waals surface area contributed by atoms with E-state index in [9.17, 15) is 5.11 Å². The standard InChI is InChI=1S/C22H36O/c1-21(2,3)14-7-5-10-18-11-9-13-20(23)19(18)12-6-8-15-22(4)16-17-22/h9,11,13,23H,5-8,10,12,14-17H2,1-4H3. The van der Waals surface area contributed by atoms with Gasteiger partial charge in [-0.15, -0.1) is 0 Å². The second-order valence-corrected chi connectivity index (χ2v) is 9.20. The topological polar surface area (TPSA) is 20.2 Å². The molecule has 1 saturated carbocycles. The molecule has 0 heterocycles. The number of phenolic OH excluding ortho intramolecular Hbond substituents is 1. The Hall–Kier alpha value is -0.980. The predicted molar refractivity (Wildman–Crippen MR) is 100 cm³/mol. The predicted octanol–water partition coefficient (Wildman–Crippen LogP) is 6.66. The molecule has 0 aliphatic heterocycles. The van der Waals surface area contributed by atoms with E-state index in [-0.39, 0.29) is 0 Å². The van der Waals surface area contributed by atoms with E-state index in [0.29, 0.717) is 16.6 Å². The highest BCUT2D eigenvalue weighted by atomic mass is 16.3. The van der Waals surface area contributed by atoms with E-state index in [4.69, 9.17) is 0 Å². The van der Waals surface area contributed by atoms with E-state index >= 15 is 0 Å². The SMILES string of the molecule is CC(C)(C)CCCCc1cccc(O)c1CCCCC1(C)CC1. The summed E-state index contributed by atoms with van der Waals surface area (Å²) in [6.45, 7) is 9.35. The molecule has 130 valence electrons. The van der Waals surface area contributed by atoms with E-state index < -0.39 is 0 Å². The molecule has 0 atom stereocenters. The van der Waals surface area contributed by atoms with E-state index in [1.165, 1.54) is 62.5 Å². The average molecular weight is 317 g/mol. The molecule has 0 aromatic heterocycles. The van der Waals surface area contributed by atoms with Gasteiger partial charge < -0.3 is 5.11 Å². The van der Waals surface area contributed by atoms with Crippen LogP contribution in [0, 0.1) is 10.8 Å². The van der Waals surface area contributed by atoms with Crippen molar-refractivity contribution in [2.75, 3.05) is 0 Å². The second kappa shape index (κ2) is 7.73. The minimum absolute atomic E-state index is 0.431. The van der Waals surface area contributed by atoms with Crippen LogP contribution in [0.3, 0.4) is 0 Å². The summed E-state index contributed by atoms with van der Waals surface area (Å²) in [7, 11) is 0. The summed E-state index contributed by atoms with van der Waals surface area (Å²) >= 11 is 0. The minimum Gasteiger partial charge on any atom is -0.508 e. The second-order valence-electron chi connectivity index (χ2n) is 9.20. The Morgan fingerprint density at radius 2 is 1.70 bits per heavy atom. The minimum atomic E-state index is 0.431. The Morgan fingerprint density at radius 1 is 1.00 bits per heavy atom. The molecule has 1 aromatic rings. The number of hydrogen-bond acceptors (Lipinski definition) is 1. The van der Waals surface area contributed by atoms with Gasteiger partial charge in [0.2, 0.25) is 0 Å². The maximum absolute atomic E-state index is 10.2.